The zero-order chi connectivity index (χ0) is 12.2. The third-order valence-electron chi connectivity index (χ3n) is 1.87. The minimum atomic E-state index is -3.48. The first kappa shape index (κ1) is 17.2. The second kappa shape index (κ2) is 7.56. The van der Waals surface area contributed by atoms with E-state index in [4.69, 9.17) is 17.3 Å². The molecule has 0 fully saturated rings. The highest BCUT2D eigenvalue weighted by Crippen LogP contribution is 2.25. The fraction of sp³-hybridized carbons (Fsp3) is 0.333. The van der Waals surface area contributed by atoms with Gasteiger partial charge in [0, 0.05) is 11.0 Å². The van der Waals surface area contributed by atoms with Gasteiger partial charge in [0.1, 0.15) is 0 Å². The zero-order valence-electron chi connectivity index (χ0n) is 8.82. The quantitative estimate of drug-likeness (QED) is 0.787. The largest absolute Gasteiger partial charge is 0.330 e. The maximum absolute atomic E-state index is 11.7. The fourth-order valence-corrected chi connectivity index (χ4v) is 2.63. The van der Waals surface area contributed by atoms with E-state index >= 15 is 0 Å². The van der Waals surface area contributed by atoms with E-state index in [1.165, 1.54) is 12.1 Å². The van der Waals surface area contributed by atoms with Gasteiger partial charge in [0.05, 0.1) is 9.92 Å². The highest BCUT2D eigenvalue weighted by atomic mass is 79.9. The number of benzene rings is 1. The van der Waals surface area contributed by atoms with Gasteiger partial charge < -0.3 is 5.73 Å². The molecule has 0 bridgehead atoms. The predicted octanol–water partition coefficient (Wildman–Crippen LogP) is 2.15. The van der Waals surface area contributed by atoms with Gasteiger partial charge >= 0.3 is 0 Å². The third kappa shape index (κ3) is 5.11. The van der Waals surface area contributed by atoms with Crippen molar-refractivity contribution in [1.29, 1.82) is 0 Å². The number of nitrogens with one attached hydrogen (secondary N) is 1. The number of sulfonamides is 1. The molecule has 0 saturated carbocycles. The molecule has 0 spiro atoms. The molecule has 1 aromatic carbocycles. The molecule has 3 N–H and O–H groups in total. The first-order valence-electron chi connectivity index (χ1n) is 4.62. The summed E-state index contributed by atoms with van der Waals surface area (Å²) in [6.07, 6.45) is 0.601. The van der Waals surface area contributed by atoms with Gasteiger partial charge in [0.25, 0.3) is 0 Å². The van der Waals surface area contributed by atoms with E-state index in [0.29, 0.717) is 29.0 Å². The summed E-state index contributed by atoms with van der Waals surface area (Å²) < 4.78 is 26.6. The Labute approximate surface area is 121 Å². The van der Waals surface area contributed by atoms with Crippen molar-refractivity contribution >= 4 is 50.0 Å². The highest BCUT2D eigenvalue weighted by Gasteiger charge is 2.14. The molecule has 4 nitrogen and oxygen atoms in total. The summed E-state index contributed by atoms with van der Waals surface area (Å²) in [4.78, 5) is 0.151. The number of rotatable bonds is 5. The molecule has 0 aliphatic carbocycles. The van der Waals surface area contributed by atoms with Crippen molar-refractivity contribution in [1.82, 2.24) is 4.72 Å². The molecule has 0 aromatic heterocycles. The van der Waals surface area contributed by atoms with E-state index in [0.717, 1.165) is 0 Å². The second-order valence-corrected chi connectivity index (χ2v) is 6.14. The third-order valence-corrected chi connectivity index (χ3v) is 4.57. The first-order valence-corrected chi connectivity index (χ1v) is 7.27. The lowest BCUT2D eigenvalue weighted by Gasteiger charge is -2.06. The van der Waals surface area contributed by atoms with Crippen molar-refractivity contribution < 1.29 is 8.42 Å². The van der Waals surface area contributed by atoms with Crippen molar-refractivity contribution in [2.24, 2.45) is 5.73 Å². The molecule has 98 valence electrons. The Morgan fingerprint density at radius 3 is 2.59 bits per heavy atom. The van der Waals surface area contributed by atoms with Gasteiger partial charge in [0.2, 0.25) is 10.0 Å². The van der Waals surface area contributed by atoms with Gasteiger partial charge in [0.15, 0.2) is 0 Å². The van der Waals surface area contributed by atoms with Crippen LogP contribution in [0.15, 0.2) is 27.6 Å². The normalized spacial score (nSPS) is 11.0. The Balaban J connectivity index is 0.00000256. The number of nitrogens with two attached hydrogens (primary N) is 1. The van der Waals surface area contributed by atoms with Crippen LogP contribution in [0.3, 0.4) is 0 Å². The van der Waals surface area contributed by atoms with Crippen LogP contribution in [0.2, 0.25) is 5.02 Å². The van der Waals surface area contributed by atoms with Crippen LogP contribution in [0, 0.1) is 0 Å². The van der Waals surface area contributed by atoms with Crippen LogP contribution in [-0.2, 0) is 10.0 Å². The van der Waals surface area contributed by atoms with Gasteiger partial charge in [-0.1, -0.05) is 11.6 Å². The topological polar surface area (TPSA) is 72.2 Å². The summed E-state index contributed by atoms with van der Waals surface area (Å²) in [5.41, 5.74) is 5.28. The van der Waals surface area contributed by atoms with E-state index in [1.54, 1.807) is 6.07 Å². The summed E-state index contributed by atoms with van der Waals surface area (Å²) in [6, 6.07) is 4.48. The van der Waals surface area contributed by atoms with Crippen molar-refractivity contribution in [2.75, 3.05) is 13.1 Å². The molecule has 0 aliphatic rings. The lowest BCUT2D eigenvalue weighted by Crippen LogP contribution is -2.26. The summed E-state index contributed by atoms with van der Waals surface area (Å²) in [5, 5.41) is 0.363. The average Bonchev–Trinajstić information content (AvgIpc) is 2.22. The van der Waals surface area contributed by atoms with Crippen LogP contribution in [0.4, 0.5) is 0 Å². The van der Waals surface area contributed by atoms with Crippen molar-refractivity contribution in [3.05, 3.63) is 27.7 Å². The Morgan fingerprint density at radius 2 is 2.06 bits per heavy atom. The average molecular weight is 364 g/mol. The molecule has 1 aromatic rings. The van der Waals surface area contributed by atoms with Crippen molar-refractivity contribution in [3.63, 3.8) is 0 Å². The molecule has 0 atom stereocenters. The minimum absolute atomic E-state index is 0. The van der Waals surface area contributed by atoms with E-state index in [-0.39, 0.29) is 17.3 Å². The second-order valence-electron chi connectivity index (χ2n) is 3.12. The van der Waals surface area contributed by atoms with Gasteiger partial charge in [-0.25, -0.2) is 13.1 Å². The molecular formula is C9H13BrCl2N2O2S. The highest BCUT2D eigenvalue weighted by molar-refractivity contribution is 9.10. The molecule has 0 radical (unpaired) electrons. The molecule has 0 heterocycles. The van der Waals surface area contributed by atoms with Gasteiger partial charge in [-0.05, 0) is 47.1 Å². The standard InChI is InChI=1S/C9H12BrClN2O2S.ClH/c10-8-3-2-7(6-9(8)11)16(14,15)13-5-1-4-12;/h2-3,6,13H,1,4-5,12H2;1H. The van der Waals surface area contributed by atoms with Crippen LogP contribution >= 0.6 is 39.9 Å². The molecule has 17 heavy (non-hydrogen) atoms. The summed E-state index contributed by atoms with van der Waals surface area (Å²) in [5.74, 6) is 0. The van der Waals surface area contributed by atoms with Crippen LogP contribution < -0.4 is 10.5 Å². The minimum Gasteiger partial charge on any atom is -0.330 e. The molecule has 1 rings (SSSR count). The van der Waals surface area contributed by atoms with Crippen LogP contribution in [0.5, 0.6) is 0 Å². The van der Waals surface area contributed by atoms with E-state index in [2.05, 4.69) is 20.7 Å². The monoisotopic (exact) mass is 362 g/mol. The number of hydrogen-bond donors (Lipinski definition) is 2. The number of hydrogen-bond acceptors (Lipinski definition) is 3. The summed E-state index contributed by atoms with van der Waals surface area (Å²) in [6.45, 7) is 0.774. The lowest BCUT2D eigenvalue weighted by atomic mass is 10.4. The lowest BCUT2D eigenvalue weighted by molar-refractivity contribution is 0.579. The van der Waals surface area contributed by atoms with E-state index in [9.17, 15) is 8.42 Å². The molecule has 0 amide bonds. The first-order chi connectivity index (χ1) is 7.47. The van der Waals surface area contributed by atoms with E-state index < -0.39 is 10.0 Å². The molecular weight excluding hydrogens is 351 g/mol. The van der Waals surface area contributed by atoms with Crippen molar-refractivity contribution in [2.45, 2.75) is 11.3 Å². The van der Waals surface area contributed by atoms with Gasteiger partial charge in [-0.15, -0.1) is 12.4 Å². The Hall–Kier alpha value is 0.150. The summed E-state index contributed by atoms with van der Waals surface area (Å²) >= 11 is 9.02. The Morgan fingerprint density at radius 1 is 1.41 bits per heavy atom. The Bertz CT molecular complexity index is 468. The van der Waals surface area contributed by atoms with Crippen LogP contribution in [0.1, 0.15) is 6.42 Å². The van der Waals surface area contributed by atoms with E-state index in [1.807, 2.05) is 0 Å². The zero-order valence-corrected chi connectivity index (χ0v) is 12.8. The predicted molar refractivity (Wildman–Crippen MR) is 75.3 cm³/mol. The molecule has 0 unspecified atom stereocenters. The SMILES string of the molecule is Cl.NCCCNS(=O)(=O)c1ccc(Br)c(Cl)c1. The van der Waals surface area contributed by atoms with Crippen LogP contribution in [-0.4, -0.2) is 21.5 Å². The van der Waals surface area contributed by atoms with Crippen molar-refractivity contribution in [3.8, 4) is 0 Å². The van der Waals surface area contributed by atoms with Gasteiger partial charge in [-0.3, -0.25) is 0 Å². The molecule has 0 saturated heterocycles. The fourth-order valence-electron chi connectivity index (χ4n) is 1.04. The van der Waals surface area contributed by atoms with Gasteiger partial charge in [-0.2, -0.15) is 0 Å². The maximum atomic E-state index is 11.7. The molecule has 8 heteroatoms. The number of halogens is 3. The molecule has 0 aliphatic heterocycles. The Kier molecular flexibility index (Phi) is 7.62. The van der Waals surface area contributed by atoms with Crippen LogP contribution in [0.25, 0.3) is 0 Å². The summed E-state index contributed by atoms with van der Waals surface area (Å²) in [7, 11) is -3.48. The maximum Gasteiger partial charge on any atom is 0.240 e. The smallest absolute Gasteiger partial charge is 0.240 e.